The van der Waals surface area contributed by atoms with Gasteiger partial charge in [-0.05, 0) is 5.41 Å². The molecular weight excluding hydrogens is 267 g/mol. The van der Waals surface area contributed by atoms with Gasteiger partial charge in [0.15, 0.2) is 14.1 Å². The van der Waals surface area contributed by atoms with E-state index in [-0.39, 0.29) is 5.41 Å². The molecular formula is C16H30BClSi. The molecule has 0 aromatic rings. The highest BCUT2D eigenvalue weighted by Crippen LogP contribution is 2.51. The Kier molecular flexibility index (Phi) is 4.62. The van der Waals surface area contributed by atoms with E-state index in [1.165, 1.54) is 38.5 Å². The van der Waals surface area contributed by atoms with Crippen LogP contribution in [0.5, 0.6) is 0 Å². The van der Waals surface area contributed by atoms with Crippen molar-refractivity contribution in [3.63, 3.8) is 0 Å². The van der Waals surface area contributed by atoms with E-state index in [1.54, 1.807) is 5.10 Å². The van der Waals surface area contributed by atoms with Crippen molar-refractivity contribution in [3.05, 3.63) is 11.2 Å². The maximum Gasteiger partial charge on any atom is 0.173 e. The number of allylic oxidation sites excluding steroid dienone is 1. The summed E-state index contributed by atoms with van der Waals surface area (Å²) in [6, 6.07) is 0. The maximum atomic E-state index is 6.92. The number of hydrogen-bond acceptors (Lipinski definition) is 0. The quantitative estimate of drug-likeness (QED) is 0.427. The van der Waals surface area contributed by atoms with Crippen LogP contribution in [0.1, 0.15) is 59.3 Å². The van der Waals surface area contributed by atoms with E-state index in [4.69, 9.17) is 11.1 Å². The second-order valence-electron chi connectivity index (χ2n) is 8.35. The van der Waals surface area contributed by atoms with Crippen molar-refractivity contribution in [2.24, 2.45) is 5.41 Å². The van der Waals surface area contributed by atoms with Crippen molar-refractivity contribution in [3.8, 4) is 0 Å². The number of hydrogen-bond donors (Lipinski definition) is 0. The van der Waals surface area contributed by atoms with Crippen molar-refractivity contribution in [1.82, 2.24) is 0 Å². The second kappa shape index (κ2) is 5.60. The van der Waals surface area contributed by atoms with E-state index in [1.807, 2.05) is 0 Å². The van der Waals surface area contributed by atoms with Gasteiger partial charge in [-0.2, -0.15) is 11.1 Å². The molecule has 19 heavy (non-hydrogen) atoms. The molecule has 0 aliphatic carbocycles. The first-order chi connectivity index (χ1) is 8.68. The monoisotopic (exact) mass is 296 g/mol. The standard InChI is InChI=1S/C16H30BClSi/c1-16(2,3)12-15(19(4,5)18)17-13-8-6-9-14(17)11-7-10-13/h12-14H,6-11H2,1-5H3/b15-12-. The van der Waals surface area contributed by atoms with Crippen molar-refractivity contribution in [1.29, 1.82) is 0 Å². The van der Waals surface area contributed by atoms with Gasteiger partial charge in [0.25, 0.3) is 0 Å². The summed E-state index contributed by atoms with van der Waals surface area (Å²) in [5.74, 6) is 1.87. The zero-order chi connectivity index (χ0) is 14.3. The minimum atomic E-state index is -1.72. The van der Waals surface area contributed by atoms with E-state index in [2.05, 4.69) is 39.9 Å². The van der Waals surface area contributed by atoms with E-state index in [0.717, 1.165) is 18.3 Å². The Morgan fingerprint density at radius 1 is 1.05 bits per heavy atom. The van der Waals surface area contributed by atoms with Crippen molar-refractivity contribution >= 4 is 25.2 Å². The largest absolute Gasteiger partial charge is 0.173 e. The zero-order valence-electron chi connectivity index (χ0n) is 13.4. The van der Waals surface area contributed by atoms with Crippen LogP contribution >= 0.6 is 11.1 Å². The molecule has 2 heterocycles. The van der Waals surface area contributed by atoms with E-state index < -0.39 is 7.38 Å². The Hall–Kier alpha value is 0.312. The first-order valence-corrected chi connectivity index (χ1v) is 12.1. The molecule has 2 bridgehead atoms. The van der Waals surface area contributed by atoms with Gasteiger partial charge in [-0.3, -0.25) is 0 Å². The molecule has 0 radical (unpaired) electrons. The predicted octanol–water partition coefficient (Wildman–Crippen LogP) is 6.08. The molecule has 0 atom stereocenters. The molecule has 0 amide bonds. The number of rotatable bonds is 2. The highest BCUT2D eigenvalue weighted by molar-refractivity contribution is 7.28. The topological polar surface area (TPSA) is 0 Å². The SMILES string of the molecule is CC(C)(C)/C=C(/B1C2CCCC1CCC2)[Si](C)(C)Cl. The second-order valence-corrected chi connectivity index (χ2v) is 14.7. The number of fused-ring (bicyclic) bond motifs is 2. The molecule has 0 N–H and O–H groups in total. The third-order valence-electron chi connectivity index (χ3n) is 4.95. The third-order valence-corrected chi connectivity index (χ3v) is 7.45. The minimum Gasteiger partial charge on any atom is -0.163 e. The van der Waals surface area contributed by atoms with Gasteiger partial charge in [-0.1, -0.05) is 95.2 Å². The lowest BCUT2D eigenvalue weighted by Gasteiger charge is -2.44. The first-order valence-electron chi connectivity index (χ1n) is 8.10. The van der Waals surface area contributed by atoms with Crippen LogP contribution in [-0.4, -0.2) is 14.1 Å². The molecule has 2 aliphatic heterocycles. The van der Waals surface area contributed by atoms with E-state index in [9.17, 15) is 0 Å². The van der Waals surface area contributed by atoms with E-state index in [0.29, 0.717) is 0 Å². The minimum absolute atomic E-state index is 0.264. The molecule has 2 rings (SSSR count). The summed E-state index contributed by atoms with van der Waals surface area (Å²) in [4.78, 5) is 0. The highest BCUT2D eigenvalue weighted by Gasteiger charge is 2.45. The normalized spacial score (nSPS) is 29.6. The lowest BCUT2D eigenvalue weighted by molar-refractivity contribution is 0.446. The van der Waals surface area contributed by atoms with Gasteiger partial charge in [0.1, 0.15) is 0 Å². The van der Waals surface area contributed by atoms with Gasteiger partial charge in [-0.25, -0.2) is 0 Å². The van der Waals surface area contributed by atoms with Gasteiger partial charge in [0.05, 0.1) is 0 Å². The average Bonchev–Trinajstić information content (AvgIpc) is 2.22. The van der Waals surface area contributed by atoms with Crippen LogP contribution in [0.4, 0.5) is 0 Å². The summed E-state index contributed by atoms with van der Waals surface area (Å²) < 4.78 is 0. The van der Waals surface area contributed by atoms with Gasteiger partial charge in [0.2, 0.25) is 0 Å². The van der Waals surface area contributed by atoms with Crippen LogP contribution in [0, 0.1) is 5.41 Å². The van der Waals surface area contributed by atoms with Crippen LogP contribution in [0.3, 0.4) is 0 Å². The van der Waals surface area contributed by atoms with Crippen LogP contribution < -0.4 is 0 Å². The fraction of sp³-hybridized carbons (Fsp3) is 0.875. The fourth-order valence-corrected chi connectivity index (χ4v) is 6.90. The Labute approximate surface area is 126 Å². The lowest BCUT2D eigenvalue weighted by Crippen LogP contribution is -2.44. The van der Waals surface area contributed by atoms with Gasteiger partial charge < -0.3 is 0 Å². The zero-order valence-corrected chi connectivity index (χ0v) is 15.2. The summed E-state index contributed by atoms with van der Waals surface area (Å²) in [6.45, 7) is 12.4. The van der Waals surface area contributed by atoms with Crippen LogP contribution in [0.2, 0.25) is 24.7 Å². The Morgan fingerprint density at radius 2 is 1.47 bits per heavy atom. The molecule has 2 aliphatic rings. The summed E-state index contributed by atoms with van der Waals surface area (Å²) in [7, 11) is -1.72. The molecule has 3 heteroatoms. The van der Waals surface area contributed by atoms with Gasteiger partial charge >= 0.3 is 0 Å². The molecule has 108 valence electrons. The van der Waals surface area contributed by atoms with Crippen molar-refractivity contribution in [2.75, 3.05) is 0 Å². The third kappa shape index (κ3) is 3.91. The van der Waals surface area contributed by atoms with Crippen molar-refractivity contribution in [2.45, 2.75) is 84.0 Å². The summed E-state index contributed by atoms with van der Waals surface area (Å²) in [5.41, 5.74) is 0.264. The number of halogens is 1. The van der Waals surface area contributed by atoms with Crippen LogP contribution in [0.25, 0.3) is 0 Å². The fourth-order valence-electron chi connectivity index (χ4n) is 4.31. The molecule has 0 saturated carbocycles. The lowest BCUT2D eigenvalue weighted by atomic mass is 9.27. The molecule has 0 unspecified atom stereocenters. The molecule has 0 spiro atoms. The Morgan fingerprint density at radius 3 is 1.79 bits per heavy atom. The summed E-state index contributed by atoms with van der Waals surface area (Å²) >= 11 is 6.92. The first kappa shape index (κ1) is 15.7. The van der Waals surface area contributed by atoms with Crippen LogP contribution in [-0.2, 0) is 0 Å². The summed E-state index contributed by atoms with van der Waals surface area (Å²) in [5, 5.41) is 1.68. The average molecular weight is 297 g/mol. The predicted molar refractivity (Wildman–Crippen MR) is 91.8 cm³/mol. The van der Waals surface area contributed by atoms with Gasteiger partial charge in [0, 0.05) is 0 Å². The van der Waals surface area contributed by atoms with Gasteiger partial charge in [-0.15, -0.1) is 0 Å². The molecule has 2 fully saturated rings. The Bertz CT molecular complexity index is 329. The molecule has 2 saturated heterocycles. The molecule has 0 aromatic carbocycles. The Balaban J connectivity index is 2.35. The summed E-state index contributed by atoms with van der Waals surface area (Å²) in [6.07, 6.45) is 11.3. The van der Waals surface area contributed by atoms with Crippen molar-refractivity contribution < 1.29 is 0 Å². The van der Waals surface area contributed by atoms with Crippen LogP contribution in [0.15, 0.2) is 11.2 Å². The maximum absolute atomic E-state index is 6.92. The highest BCUT2D eigenvalue weighted by atomic mass is 35.6. The van der Waals surface area contributed by atoms with E-state index >= 15 is 0 Å². The molecule has 0 nitrogen and oxygen atoms in total. The smallest absolute Gasteiger partial charge is 0.163 e. The molecule has 0 aromatic heterocycles.